The van der Waals surface area contributed by atoms with E-state index < -0.39 is 0 Å². The highest BCUT2D eigenvalue weighted by Gasteiger charge is 2.17. The van der Waals surface area contributed by atoms with Gasteiger partial charge in [-0.3, -0.25) is 18.7 Å². The monoisotopic (exact) mass is 378 g/mol. The van der Waals surface area contributed by atoms with E-state index in [1.54, 1.807) is 13.1 Å². The molecule has 2 aromatic rings. The fourth-order valence-corrected chi connectivity index (χ4v) is 4.58. The number of fused-ring (bicyclic) bond motifs is 1. The van der Waals surface area contributed by atoms with Crippen molar-refractivity contribution in [1.82, 2.24) is 19.4 Å². The lowest BCUT2D eigenvalue weighted by Crippen LogP contribution is -2.36. The van der Waals surface area contributed by atoms with Gasteiger partial charge in [0.2, 0.25) is 0 Å². The summed E-state index contributed by atoms with van der Waals surface area (Å²) >= 11 is 1.18. The second-order valence-corrected chi connectivity index (χ2v) is 8.22. The van der Waals surface area contributed by atoms with Gasteiger partial charge in [-0.2, -0.15) is 0 Å². The topological polar surface area (TPSA) is 76.3 Å². The van der Waals surface area contributed by atoms with E-state index >= 15 is 0 Å². The molecular weight excluding hydrogens is 352 g/mol. The molecule has 3 heterocycles. The second-order valence-electron chi connectivity index (χ2n) is 7.19. The number of nitrogens with one attached hydrogen (secondary N) is 1. The van der Waals surface area contributed by atoms with Gasteiger partial charge < -0.3 is 10.2 Å². The summed E-state index contributed by atoms with van der Waals surface area (Å²) in [5.74, 6) is 0.568. The molecule has 1 amide bonds. The molecule has 1 atom stereocenters. The number of carbonyl (C=O) groups is 1. The van der Waals surface area contributed by atoms with Gasteiger partial charge in [0, 0.05) is 27.2 Å². The first-order chi connectivity index (χ1) is 12.4. The zero-order chi connectivity index (χ0) is 18.8. The summed E-state index contributed by atoms with van der Waals surface area (Å²) in [6.45, 7) is 6.17. The number of hydrogen-bond acceptors (Lipinski definition) is 5. The van der Waals surface area contributed by atoms with Crippen molar-refractivity contribution in [3.8, 4) is 0 Å². The summed E-state index contributed by atoms with van der Waals surface area (Å²) < 4.78 is 2.48. The average Bonchev–Trinajstić information content (AvgIpc) is 3.07. The predicted octanol–water partition coefficient (Wildman–Crippen LogP) is 1.15. The first kappa shape index (κ1) is 18.8. The molecule has 3 rings (SSSR count). The van der Waals surface area contributed by atoms with Crippen LogP contribution in [0.25, 0.3) is 10.2 Å². The molecule has 142 valence electrons. The number of piperidine rings is 1. The Morgan fingerprint density at radius 1 is 1.31 bits per heavy atom. The third-order valence-corrected chi connectivity index (χ3v) is 6.24. The number of hydrogen-bond donors (Lipinski definition) is 1. The van der Waals surface area contributed by atoms with Crippen LogP contribution in [0.15, 0.2) is 15.7 Å². The van der Waals surface area contributed by atoms with Gasteiger partial charge in [0.15, 0.2) is 0 Å². The largest absolute Gasteiger partial charge is 0.351 e. The zero-order valence-corrected chi connectivity index (χ0v) is 16.4. The Hall–Kier alpha value is -1.93. The van der Waals surface area contributed by atoms with E-state index in [1.807, 2.05) is 0 Å². The van der Waals surface area contributed by atoms with Gasteiger partial charge in [0.1, 0.15) is 4.83 Å². The molecule has 0 radical (unpaired) electrons. The molecule has 2 aromatic heterocycles. The van der Waals surface area contributed by atoms with Crippen molar-refractivity contribution in [1.29, 1.82) is 0 Å². The van der Waals surface area contributed by atoms with Crippen molar-refractivity contribution in [3.63, 3.8) is 0 Å². The maximum atomic E-state index is 12.4. The predicted molar refractivity (Wildman–Crippen MR) is 104 cm³/mol. The first-order valence-electron chi connectivity index (χ1n) is 9.08. The number of amides is 1. The van der Waals surface area contributed by atoms with Crippen LogP contribution < -0.4 is 16.6 Å². The van der Waals surface area contributed by atoms with E-state index in [0.29, 0.717) is 21.6 Å². The Morgan fingerprint density at radius 3 is 2.81 bits per heavy atom. The number of aryl methyl sites for hydroxylation is 1. The first-order valence-corrected chi connectivity index (χ1v) is 9.90. The highest BCUT2D eigenvalue weighted by molar-refractivity contribution is 7.20. The Labute approximate surface area is 156 Å². The average molecular weight is 378 g/mol. The Morgan fingerprint density at radius 2 is 2.08 bits per heavy atom. The van der Waals surface area contributed by atoms with Crippen molar-refractivity contribution in [3.05, 3.63) is 31.8 Å². The molecule has 8 heteroatoms. The molecule has 0 aromatic carbocycles. The lowest BCUT2D eigenvalue weighted by atomic mass is 10.0. The minimum Gasteiger partial charge on any atom is -0.351 e. The van der Waals surface area contributed by atoms with Crippen molar-refractivity contribution in [2.75, 3.05) is 26.2 Å². The second kappa shape index (κ2) is 7.75. The molecule has 7 nitrogen and oxygen atoms in total. The highest BCUT2D eigenvalue weighted by Crippen LogP contribution is 2.21. The van der Waals surface area contributed by atoms with Crippen molar-refractivity contribution in [2.45, 2.75) is 26.2 Å². The van der Waals surface area contributed by atoms with Crippen LogP contribution in [0.3, 0.4) is 0 Å². The molecule has 0 aliphatic carbocycles. The standard InChI is InChI=1S/C18H26N4O3S/c1-12-6-4-8-22(11-12)9-5-7-19-15(23)14-10-13-16(24)20(2)18(25)21(3)17(13)26-14/h10,12H,4-9,11H2,1-3H3,(H,19,23). The number of nitrogens with zero attached hydrogens (tertiary/aromatic N) is 3. The summed E-state index contributed by atoms with van der Waals surface area (Å²) in [5, 5.41) is 3.34. The number of thiophene rings is 1. The van der Waals surface area contributed by atoms with E-state index in [4.69, 9.17) is 0 Å². The molecule has 1 aliphatic rings. The van der Waals surface area contributed by atoms with Crippen LogP contribution in [0, 0.1) is 5.92 Å². The van der Waals surface area contributed by atoms with Crippen LogP contribution in [0.1, 0.15) is 35.9 Å². The third-order valence-electron chi connectivity index (χ3n) is 5.03. The number of likely N-dealkylation sites (tertiary alicyclic amines) is 1. The molecule has 26 heavy (non-hydrogen) atoms. The Kier molecular flexibility index (Phi) is 5.62. The quantitative estimate of drug-likeness (QED) is 0.792. The molecule has 0 saturated carbocycles. The van der Waals surface area contributed by atoms with Crippen LogP contribution in [0.4, 0.5) is 0 Å². The van der Waals surface area contributed by atoms with Crippen LogP contribution in [-0.2, 0) is 14.1 Å². The fourth-order valence-electron chi connectivity index (χ4n) is 3.56. The van der Waals surface area contributed by atoms with Gasteiger partial charge in [-0.15, -0.1) is 11.3 Å². The van der Waals surface area contributed by atoms with Gasteiger partial charge >= 0.3 is 5.69 Å². The van der Waals surface area contributed by atoms with Gasteiger partial charge in [-0.1, -0.05) is 6.92 Å². The smallest absolute Gasteiger partial charge is 0.331 e. The highest BCUT2D eigenvalue weighted by atomic mass is 32.1. The summed E-state index contributed by atoms with van der Waals surface area (Å²) in [6.07, 6.45) is 3.47. The third kappa shape index (κ3) is 3.76. The Bertz CT molecular complexity index is 927. The lowest BCUT2D eigenvalue weighted by Gasteiger charge is -2.30. The molecule has 1 aliphatic heterocycles. The maximum absolute atomic E-state index is 12.4. The summed E-state index contributed by atoms with van der Waals surface area (Å²) in [4.78, 5) is 40.1. The fraction of sp³-hybridized carbons (Fsp3) is 0.611. The van der Waals surface area contributed by atoms with Crippen LogP contribution in [0.2, 0.25) is 0 Å². The van der Waals surface area contributed by atoms with Gasteiger partial charge in [0.25, 0.3) is 11.5 Å². The molecule has 1 saturated heterocycles. The lowest BCUT2D eigenvalue weighted by molar-refractivity contribution is 0.0954. The molecule has 0 spiro atoms. The summed E-state index contributed by atoms with van der Waals surface area (Å²) in [5.41, 5.74) is -0.746. The van der Waals surface area contributed by atoms with Crippen LogP contribution in [-0.4, -0.2) is 46.1 Å². The molecule has 1 fully saturated rings. The van der Waals surface area contributed by atoms with Gasteiger partial charge in [-0.05, 0) is 44.3 Å². The minimum absolute atomic E-state index is 0.187. The van der Waals surface area contributed by atoms with E-state index in [2.05, 4.69) is 17.1 Å². The number of rotatable bonds is 5. The minimum atomic E-state index is -0.382. The Balaban J connectivity index is 1.62. The number of carbonyl (C=O) groups excluding carboxylic acids is 1. The van der Waals surface area contributed by atoms with Crippen molar-refractivity contribution < 1.29 is 4.79 Å². The SMILES string of the molecule is CC1CCCN(CCCNC(=O)c2cc3c(=O)n(C)c(=O)n(C)c3s2)C1. The molecule has 0 bridgehead atoms. The van der Waals surface area contributed by atoms with Crippen molar-refractivity contribution >= 4 is 27.5 Å². The molecule has 1 unspecified atom stereocenters. The molecule has 1 N–H and O–H groups in total. The normalized spacial score (nSPS) is 18.3. The van der Waals surface area contributed by atoms with Gasteiger partial charge in [0.05, 0.1) is 10.3 Å². The van der Waals surface area contributed by atoms with Crippen LogP contribution >= 0.6 is 11.3 Å². The summed E-state index contributed by atoms with van der Waals surface area (Å²) in [6, 6.07) is 1.59. The zero-order valence-electron chi connectivity index (χ0n) is 15.6. The van der Waals surface area contributed by atoms with E-state index in [0.717, 1.165) is 36.5 Å². The van der Waals surface area contributed by atoms with E-state index in [-0.39, 0.29) is 17.2 Å². The maximum Gasteiger partial charge on any atom is 0.331 e. The number of aromatic nitrogens is 2. The summed E-state index contributed by atoms with van der Waals surface area (Å²) in [7, 11) is 3.06. The van der Waals surface area contributed by atoms with E-state index in [1.165, 1.54) is 35.8 Å². The van der Waals surface area contributed by atoms with Crippen LogP contribution in [0.5, 0.6) is 0 Å². The van der Waals surface area contributed by atoms with Crippen molar-refractivity contribution in [2.24, 2.45) is 20.0 Å². The molecular formula is C18H26N4O3S. The van der Waals surface area contributed by atoms with Gasteiger partial charge in [-0.25, -0.2) is 4.79 Å². The van der Waals surface area contributed by atoms with E-state index in [9.17, 15) is 14.4 Å².